The van der Waals surface area contributed by atoms with E-state index in [2.05, 4.69) is 22.8 Å². The molecule has 4 aromatic rings. The van der Waals surface area contributed by atoms with Gasteiger partial charge < -0.3 is 24.8 Å². The molecule has 1 atom stereocenters. The van der Waals surface area contributed by atoms with Crippen LogP contribution < -0.4 is 24.8 Å². The quantitative estimate of drug-likeness (QED) is 0.266. The topological polar surface area (TPSA) is 99.5 Å². The van der Waals surface area contributed by atoms with E-state index in [0.29, 0.717) is 45.3 Å². The fraction of sp³-hybridized carbons (Fsp3) is 0.207. The molecule has 39 heavy (non-hydrogen) atoms. The Kier molecular flexibility index (Phi) is 7.74. The number of ether oxygens (including phenoxy) is 3. The van der Waals surface area contributed by atoms with Crippen molar-refractivity contribution in [2.24, 2.45) is 0 Å². The van der Waals surface area contributed by atoms with Crippen molar-refractivity contribution in [3.05, 3.63) is 95.2 Å². The summed E-state index contributed by atoms with van der Waals surface area (Å²) in [6.45, 7) is 1.87. The van der Waals surface area contributed by atoms with Gasteiger partial charge in [0.15, 0.2) is 11.5 Å². The summed E-state index contributed by atoms with van der Waals surface area (Å²) >= 11 is 1.54. The number of thioether (sulfide) groups is 1. The minimum Gasteiger partial charge on any atom is -0.497 e. The van der Waals surface area contributed by atoms with Crippen LogP contribution in [0.3, 0.4) is 0 Å². The third kappa shape index (κ3) is 5.56. The van der Waals surface area contributed by atoms with Gasteiger partial charge in [-0.15, -0.1) is 5.10 Å². The van der Waals surface area contributed by atoms with Gasteiger partial charge in [0.05, 0.1) is 26.9 Å². The summed E-state index contributed by atoms with van der Waals surface area (Å²) in [4.78, 5) is 18.5. The predicted octanol–water partition coefficient (Wildman–Crippen LogP) is 5.52. The number of anilines is 2. The molecule has 200 valence electrons. The fourth-order valence-corrected chi connectivity index (χ4v) is 5.20. The van der Waals surface area contributed by atoms with Crippen LogP contribution in [-0.2, 0) is 10.5 Å². The van der Waals surface area contributed by atoms with E-state index < -0.39 is 6.04 Å². The molecule has 0 radical (unpaired) electrons. The molecule has 0 bridgehead atoms. The smallest absolute Gasteiger partial charge is 0.255 e. The summed E-state index contributed by atoms with van der Waals surface area (Å²) in [5.74, 6) is 2.88. The molecule has 1 aliphatic heterocycles. The monoisotopic (exact) mass is 543 g/mol. The summed E-state index contributed by atoms with van der Waals surface area (Å²) in [6, 6.07) is 22.4. The maximum Gasteiger partial charge on any atom is 0.255 e. The minimum atomic E-state index is -0.558. The van der Waals surface area contributed by atoms with Crippen LogP contribution in [-0.4, -0.2) is 42.0 Å². The standard InChI is InChI=1S/C29H29N5O4S/c1-18-25(27(35)31-21-11-13-22(36-2)14-12-21)26(20-10-15-23(37-3)24(16-20)38-4)34-28(30-18)32-29(33-34)39-17-19-8-6-5-7-9-19/h5-16,26H,17H2,1-4H3,(H,31,35)(H,30,32,33). The number of aromatic nitrogens is 3. The lowest BCUT2D eigenvalue weighted by Crippen LogP contribution is -2.31. The van der Waals surface area contributed by atoms with Crippen molar-refractivity contribution in [1.29, 1.82) is 0 Å². The van der Waals surface area contributed by atoms with Crippen molar-refractivity contribution in [3.63, 3.8) is 0 Å². The van der Waals surface area contributed by atoms with Crippen LogP contribution in [0.1, 0.15) is 24.1 Å². The van der Waals surface area contributed by atoms with Gasteiger partial charge in [0.1, 0.15) is 11.8 Å². The number of benzene rings is 3. The molecule has 0 spiro atoms. The van der Waals surface area contributed by atoms with Crippen molar-refractivity contribution >= 4 is 29.3 Å². The lowest BCUT2D eigenvalue weighted by Gasteiger charge is -2.29. The molecule has 1 aromatic heterocycles. The minimum absolute atomic E-state index is 0.260. The molecule has 2 N–H and O–H groups in total. The van der Waals surface area contributed by atoms with E-state index in [0.717, 1.165) is 11.3 Å². The summed E-state index contributed by atoms with van der Waals surface area (Å²) in [5.41, 5.74) is 3.82. The van der Waals surface area contributed by atoms with Crippen molar-refractivity contribution in [2.75, 3.05) is 32.0 Å². The Bertz CT molecular complexity index is 1500. The molecule has 1 amide bonds. The second-order valence-electron chi connectivity index (χ2n) is 8.80. The molecular formula is C29H29N5O4S. The summed E-state index contributed by atoms with van der Waals surface area (Å²) in [7, 11) is 4.78. The Morgan fingerprint density at radius 1 is 0.974 bits per heavy atom. The van der Waals surface area contributed by atoms with Crippen LogP contribution in [0.25, 0.3) is 0 Å². The van der Waals surface area contributed by atoms with Crippen LogP contribution in [0.2, 0.25) is 0 Å². The zero-order chi connectivity index (χ0) is 27.4. The Hall–Kier alpha value is -4.44. The molecule has 0 fully saturated rings. The average Bonchev–Trinajstić information content (AvgIpc) is 3.38. The first-order valence-electron chi connectivity index (χ1n) is 12.3. The molecule has 9 nitrogen and oxygen atoms in total. The third-order valence-corrected chi connectivity index (χ3v) is 7.27. The third-order valence-electron chi connectivity index (χ3n) is 6.36. The largest absolute Gasteiger partial charge is 0.497 e. The molecule has 10 heteroatoms. The average molecular weight is 544 g/mol. The maximum atomic E-state index is 13.8. The van der Waals surface area contributed by atoms with E-state index in [9.17, 15) is 4.79 Å². The van der Waals surface area contributed by atoms with Gasteiger partial charge in [0.2, 0.25) is 11.1 Å². The van der Waals surface area contributed by atoms with Gasteiger partial charge in [-0.05, 0) is 54.4 Å². The lowest BCUT2D eigenvalue weighted by atomic mass is 9.94. The maximum absolute atomic E-state index is 13.8. The first kappa shape index (κ1) is 26.2. The second kappa shape index (κ2) is 11.5. The molecule has 1 unspecified atom stereocenters. The van der Waals surface area contributed by atoms with Crippen LogP contribution in [0.4, 0.5) is 11.6 Å². The highest BCUT2D eigenvalue weighted by Crippen LogP contribution is 2.40. The number of methoxy groups -OCH3 is 3. The normalized spacial score (nSPS) is 14.3. The zero-order valence-corrected chi connectivity index (χ0v) is 22.9. The summed E-state index contributed by atoms with van der Waals surface area (Å²) < 4.78 is 18.0. The van der Waals surface area contributed by atoms with Gasteiger partial charge in [-0.25, -0.2) is 4.68 Å². The predicted molar refractivity (Wildman–Crippen MR) is 152 cm³/mol. The zero-order valence-electron chi connectivity index (χ0n) is 22.1. The highest BCUT2D eigenvalue weighted by atomic mass is 32.2. The van der Waals surface area contributed by atoms with Gasteiger partial charge in [-0.1, -0.05) is 48.2 Å². The molecule has 0 saturated heterocycles. The number of hydrogen-bond acceptors (Lipinski definition) is 8. The summed E-state index contributed by atoms with van der Waals surface area (Å²) in [6.07, 6.45) is 0. The summed E-state index contributed by atoms with van der Waals surface area (Å²) in [5, 5.41) is 11.7. The van der Waals surface area contributed by atoms with Crippen molar-refractivity contribution in [2.45, 2.75) is 23.9 Å². The number of nitrogens with zero attached hydrogens (tertiary/aromatic N) is 3. The van der Waals surface area contributed by atoms with Gasteiger partial charge >= 0.3 is 0 Å². The molecule has 0 saturated carbocycles. The van der Waals surface area contributed by atoms with Gasteiger partial charge in [0.25, 0.3) is 5.91 Å². The first-order chi connectivity index (χ1) is 19.0. The number of allylic oxidation sites excluding steroid dienone is 1. The number of carbonyl (C=O) groups is 1. The number of rotatable bonds is 9. The van der Waals surface area contributed by atoms with Crippen molar-refractivity contribution < 1.29 is 19.0 Å². The number of hydrogen-bond donors (Lipinski definition) is 2. The Balaban J connectivity index is 1.52. The van der Waals surface area contributed by atoms with Crippen LogP contribution in [0.5, 0.6) is 17.2 Å². The van der Waals surface area contributed by atoms with Crippen LogP contribution in [0.15, 0.2) is 89.2 Å². The highest BCUT2D eigenvalue weighted by Gasteiger charge is 2.35. The van der Waals surface area contributed by atoms with Gasteiger partial charge in [-0.2, -0.15) is 4.98 Å². The number of nitrogens with one attached hydrogen (secondary N) is 2. The SMILES string of the molecule is COc1ccc(NC(=O)C2=C(C)Nc3nc(SCc4ccccc4)nn3C2c2ccc(OC)c(OC)c2)cc1. The molecule has 3 aromatic carbocycles. The second-order valence-corrected chi connectivity index (χ2v) is 9.74. The Morgan fingerprint density at radius 2 is 1.72 bits per heavy atom. The van der Waals surface area contributed by atoms with Gasteiger partial charge in [0, 0.05) is 17.1 Å². The van der Waals surface area contributed by atoms with Crippen molar-refractivity contribution in [3.8, 4) is 17.2 Å². The fourth-order valence-electron chi connectivity index (χ4n) is 4.41. The Morgan fingerprint density at radius 3 is 2.41 bits per heavy atom. The van der Waals surface area contributed by atoms with Crippen LogP contribution in [0, 0.1) is 0 Å². The first-order valence-corrected chi connectivity index (χ1v) is 13.3. The van der Waals surface area contributed by atoms with E-state index >= 15 is 0 Å². The van der Waals surface area contributed by atoms with Crippen molar-refractivity contribution in [1.82, 2.24) is 14.8 Å². The van der Waals surface area contributed by atoms with Crippen LogP contribution >= 0.6 is 11.8 Å². The van der Waals surface area contributed by atoms with E-state index in [1.807, 2.05) is 43.3 Å². The Labute approximate surface area is 231 Å². The molecule has 5 rings (SSSR count). The molecular weight excluding hydrogens is 514 g/mol. The number of amides is 1. The number of fused-ring (bicyclic) bond motifs is 1. The lowest BCUT2D eigenvalue weighted by molar-refractivity contribution is -0.113. The van der Waals surface area contributed by atoms with E-state index in [1.54, 1.807) is 50.3 Å². The number of carbonyl (C=O) groups excluding carboxylic acids is 1. The molecule has 0 aliphatic carbocycles. The molecule has 1 aliphatic rings. The van der Waals surface area contributed by atoms with Gasteiger partial charge in [-0.3, -0.25) is 4.79 Å². The van der Waals surface area contributed by atoms with E-state index in [4.69, 9.17) is 24.3 Å². The highest BCUT2D eigenvalue weighted by molar-refractivity contribution is 7.98. The van der Waals surface area contributed by atoms with E-state index in [-0.39, 0.29) is 5.91 Å². The van der Waals surface area contributed by atoms with E-state index in [1.165, 1.54) is 17.3 Å². The molecule has 2 heterocycles.